The molecule has 3 heteroatoms. The maximum atomic E-state index is 4.17. The van der Waals surface area contributed by atoms with Crippen molar-refractivity contribution in [2.45, 2.75) is 19.9 Å². The molecule has 2 aromatic rings. The molecule has 1 unspecified atom stereocenters. The summed E-state index contributed by atoms with van der Waals surface area (Å²) in [5, 5.41) is 3.44. The highest BCUT2D eigenvalue weighted by molar-refractivity contribution is 5.38. The van der Waals surface area contributed by atoms with E-state index in [9.17, 15) is 0 Å². The predicted octanol–water partition coefficient (Wildman–Crippen LogP) is 2.69. The van der Waals surface area contributed by atoms with Crippen LogP contribution in [-0.2, 0) is 0 Å². The molecule has 0 bridgehead atoms. The fraction of sp³-hybridized carbons (Fsp3) is 0.389. The van der Waals surface area contributed by atoms with E-state index in [-0.39, 0.29) is 0 Å². The van der Waals surface area contributed by atoms with Crippen molar-refractivity contribution in [2.24, 2.45) is 0 Å². The summed E-state index contributed by atoms with van der Waals surface area (Å²) in [5.74, 6) is 0. The van der Waals surface area contributed by atoms with Gasteiger partial charge in [-0.05, 0) is 42.7 Å². The Kier molecular flexibility index (Phi) is 4.32. The molecule has 1 aliphatic rings. The van der Waals surface area contributed by atoms with Gasteiger partial charge < -0.3 is 5.32 Å². The Bertz CT molecular complexity index is 589. The van der Waals surface area contributed by atoms with Crippen LogP contribution in [0.25, 0.3) is 0 Å². The molecular formula is C18H23N3. The van der Waals surface area contributed by atoms with Gasteiger partial charge in [0.05, 0.1) is 6.04 Å². The lowest BCUT2D eigenvalue weighted by molar-refractivity contribution is 0.198. The minimum Gasteiger partial charge on any atom is -0.314 e. The third kappa shape index (κ3) is 3.14. The van der Waals surface area contributed by atoms with Gasteiger partial charge in [0.1, 0.15) is 0 Å². The Labute approximate surface area is 127 Å². The number of benzene rings is 1. The van der Waals surface area contributed by atoms with Gasteiger partial charge in [-0.3, -0.25) is 9.88 Å². The molecule has 1 fully saturated rings. The number of aromatic nitrogens is 1. The van der Waals surface area contributed by atoms with Crippen LogP contribution in [0.1, 0.15) is 28.3 Å². The quantitative estimate of drug-likeness (QED) is 0.937. The Balaban J connectivity index is 2.02. The first kappa shape index (κ1) is 14.2. The number of piperazine rings is 1. The lowest BCUT2D eigenvalue weighted by atomic mass is 9.92. The number of rotatable bonds is 3. The molecule has 2 heterocycles. The lowest BCUT2D eigenvalue weighted by Crippen LogP contribution is -2.45. The van der Waals surface area contributed by atoms with E-state index < -0.39 is 0 Å². The van der Waals surface area contributed by atoms with Crippen LogP contribution in [0.15, 0.2) is 42.7 Å². The second-order valence-corrected chi connectivity index (χ2v) is 5.83. The van der Waals surface area contributed by atoms with Crippen molar-refractivity contribution in [1.82, 2.24) is 15.2 Å². The van der Waals surface area contributed by atoms with E-state index in [1.165, 1.54) is 22.3 Å². The fourth-order valence-corrected chi connectivity index (χ4v) is 3.21. The monoisotopic (exact) mass is 281 g/mol. The summed E-state index contributed by atoms with van der Waals surface area (Å²) in [6, 6.07) is 11.4. The van der Waals surface area contributed by atoms with Crippen LogP contribution in [0.2, 0.25) is 0 Å². The summed E-state index contributed by atoms with van der Waals surface area (Å²) >= 11 is 0. The minimum atomic E-state index is 0.329. The maximum Gasteiger partial charge on any atom is 0.0606 e. The topological polar surface area (TPSA) is 28.2 Å². The third-order valence-corrected chi connectivity index (χ3v) is 4.26. The molecule has 110 valence electrons. The van der Waals surface area contributed by atoms with Gasteiger partial charge in [-0.15, -0.1) is 0 Å². The summed E-state index contributed by atoms with van der Waals surface area (Å²) in [6.07, 6.45) is 3.79. The molecule has 0 amide bonds. The summed E-state index contributed by atoms with van der Waals surface area (Å²) in [4.78, 5) is 6.75. The SMILES string of the molecule is Cc1ccc(C(c2ccncc2)N2CCNCC2)c(C)c1. The number of nitrogens with zero attached hydrogens (tertiary/aromatic N) is 2. The molecule has 0 aliphatic carbocycles. The highest BCUT2D eigenvalue weighted by Crippen LogP contribution is 2.31. The Morgan fingerprint density at radius 3 is 2.43 bits per heavy atom. The summed E-state index contributed by atoms with van der Waals surface area (Å²) in [6.45, 7) is 8.67. The summed E-state index contributed by atoms with van der Waals surface area (Å²) in [5.41, 5.74) is 5.44. The molecule has 0 spiro atoms. The first-order valence-electron chi connectivity index (χ1n) is 7.67. The van der Waals surface area contributed by atoms with Crippen molar-refractivity contribution in [3.05, 3.63) is 65.0 Å². The highest BCUT2D eigenvalue weighted by Gasteiger charge is 2.24. The van der Waals surface area contributed by atoms with Crippen LogP contribution >= 0.6 is 0 Å². The van der Waals surface area contributed by atoms with E-state index in [2.05, 4.69) is 59.4 Å². The average Bonchev–Trinajstić information content (AvgIpc) is 2.52. The van der Waals surface area contributed by atoms with Crippen LogP contribution in [0.4, 0.5) is 0 Å². The van der Waals surface area contributed by atoms with Crippen molar-refractivity contribution in [2.75, 3.05) is 26.2 Å². The molecule has 1 saturated heterocycles. The Morgan fingerprint density at radius 2 is 1.76 bits per heavy atom. The van der Waals surface area contributed by atoms with Gasteiger partial charge in [-0.25, -0.2) is 0 Å². The van der Waals surface area contributed by atoms with Crippen molar-refractivity contribution >= 4 is 0 Å². The molecule has 0 radical (unpaired) electrons. The van der Waals surface area contributed by atoms with E-state index in [1.807, 2.05) is 12.4 Å². The number of nitrogens with one attached hydrogen (secondary N) is 1. The zero-order valence-corrected chi connectivity index (χ0v) is 12.8. The zero-order chi connectivity index (χ0) is 14.7. The molecule has 0 saturated carbocycles. The van der Waals surface area contributed by atoms with Crippen molar-refractivity contribution in [3.8, 4) is 0 Å². The number of aryl methyl sites for hydroxylation is 2. The molecule has 3 rings (SSSR count). The van der Waals surface area contributed by atoms with Crippen LogP contribution in [0, 0.1) is 13.8 Å². The molecule has 1 aliphatic heterocycles. The Hall–Kier alpha value is -1.71. The molecule has 1 aromatic carbocycles. The van der Waals surface area contributed by atoms with E-state index in [1.54, 1.807) is 0 Å². The molecular weight excluding hydrogens is 258 g/mol. The van der Waals surface area contributed by atoms with Gasteiger partial charge in [-0.1, -0.05) is 23.8 Å². The van der Waals surface area contributed by atoms with E-state index in [4.69, 9.17) is 0 Å². The molecule has 1 atom stereocenters. The smallest absolute Gasteiger partial charge is 0.0606 e. The van der Waals surface area contributed by atoms with E-state index in [0.29, 0.717) is 6.04 Å². The molecule has 21 heavy (non-hydrogen) atoms. The third-order valence-electron chi connectivity index (χ3n) is 4.26. The predicted molar refractivity (Wildman–Crippen MR) is 86.4 cm³/mol. The number of hydrogen-bond donors (Lipinski definition) is 1. The van der Waals surface area contributed by atoms with Gasteiger partial charge in [0.2, 0.25) is 0 Å². The molecule has 1 aromatic heterocycles. The van der Waals surface area contributed by atoms with Crippen molar-refractivity contribution in [3.63, 3.8) is 0 Å². The van der Waals surface area contributed by atoms with E-state index >= 15 is 0 Å². The molecule has 3 nitrogen and oxygen atoms in total. The number of pyridine rings is 1. The first-order chi connectivity index (χ1) is 10.3. The largest absolute Gasteiger partial charge is 0.314 e. The lowest BCUT2D eigenvalue weighted by Gasteiger charge is -2.36. The molecule has 1 N–H and O–H groups in total. The van der Waals surface area contributed by atoms with Gasteiger partial charge in [-0.2, -0.15) is 0 Å². The zero-order valence-electron chi connectivity index (χ0n) is 12.8. The van der Waals surface area contributed by atoms with Crippen LogP contribution in [-0.4, -0.2) is 36.1 Å². The van der Waals surface area contributed by atoms with Gasteiger partial charge in [0, 0.05) is 38.6 Å². The Morgan fingerprint density at radius 1 is 1.05 bits per heavy atom. The van der Waals surface area contributed by atoms with Crippen molar-refractivity contribution < 1.29 is 0 Å². The van der Waals surface area contributed by atoms with Crippen molar-refractivity contribution in [1.29, 1.82) is 0 Å². The van der Waals surface area contributed by atoms with Gasteiger partial charge >= 0.3 is 0 Å². The normalized spacial score (nSPS) is 17.6. The summed E-state index contributed by atoms with van der Waals surface area (Å²) < 4.78 is 0. The van der Waals surface area contributed by atoms with Crippen LogP contribution < -0.4 is 5.32 Å². The maximum absolute atomic E-state index is 4.17. The standard InChI is InChI=1S/C18H23N3/c1-14-3-4-17(15(2)13-14)18(16-5-7-19-8-6-16)21-11-9-20-10-12-21/h3-8,13,18,20H,9-12H2,1-2H3. The minimum absolute atomic E-state index is 0.329. The summed E-state index contributed by atoms with van der Waals surface area (Å²) in [7, 11) is 0. The fourth-order valence-electron chi connectivity index (χ4n) is 3.21. The van der Waals surface area contributed by atoms with Gasteiger partial charge in [0.15, 0.2) is 0 Å². The second-order valence-electron chi connectivity index (χ2n) is 5.83. The second kappa shape index (κ2) is 6.37. The van der Waals surface area contributed by atoms with Crippen LogP contribution in [0.5, 0.6) is 0 Å². The number of hydrogen-bond acceptors (Lipinski definition) is 3. The highest BCUT2D eigenvalue weighted by atomic mass is 15.2. The van der Waals surface area contributed by atoms with E-state index in [0.717, 1.165) is 26.2 Å². The van der Waals surface area contributed by atoms with Gasteiger partial charge in [0.25, 0.3) is 0 Å². The first-order valence-corrected chi connectivity index (χ1v) is 7.67. The average molecular weight is 281 g/mol. The van der Waals surface area contributed by atoms with Crippen LogP contribution in [0.3, 0.4) is 0 Å².